The van der Waals surface area contributed by atoms with E-state index in [0.29, 0.717) is 23.4 Å². The summed E-state index contributed by atoms with van der Waals surface area (Å²) in [5.74, 6) is 1.26. The Labute approximate surface area is 163 Å². The number of guanidine groups is 1. The first kappa shape index (κ1) is 22.3. The second-order valence-corrected chi connectivity index (χ2v) is 8.36. The Balaban J connectivity index is 1.74. The van der Waals surface area contributed by atoms with Gasteiger partial charge in [0.05, 0.1) is 6.54 Å². The maximum Gasteiger partial charge on any atom is 0.511 e. The van der Waals surface area contributed by atoms with Crippen molar-refractivity contribution in [1.82, 2.24) is 14.9 Å². The van der Waals surface area contributed by atoms with E-state index in [0.717, 1.165) is 11.3 Å². The van der Waals surface area contributed by atoms with E-state index < -0.39 is 15.5 Å². The minimum atomic E-state index is -5.26. The van der Waals surface area contributed by atoms with E-state index in [4.69, 9.17) is 4.74 Å². The van der Waals surface area contributed by atoms with Crippen LogP contribution in [0.2, 0.25) is 0 Å². The number of benzene rings is 1. The fourth-order valence-corrected chi connectivity index (χ4v) is 3.80. The molecule has 2 N–H and O–H groups in total. The van der Waals surface area contributed by atoms with Crippen LogP contribution in [0.3, 0.4) is 0 Å². The average molecular weight is 422 g/mol. The van der Waals surface area contributed by atoms with Crippen LogP contribution in [0.25, 0.3) is 0 Å². The van der Waals surface area contributed by atoms with Crippen molar-refractivity contribution in [3.05, 3.63) is 29.8 Å². The van der Waals surface area contributed by atoms with E-state index in [1.165, 1.54) is 0 Å². The average Bonchev–Trinajstić information content (AvgIpc) is 2.63. The summed E-state index contributed by atoms with van der Waals surface area (Å²) >= 11 is 0. The smallest absolute Gasteiger partial charge is 0.492 e. The summed E-state index contributed by atoms with van der Waals surface area (Å²) in [4.78, 5) is 4.07. The lowest BCUT2D eigenvalue weighted by molar-refractivity contribution is -0.0494. The highest BCUT2D eigenvalue weighted by atomic mass is 32.2. The van der Waals surface area contributed by atoms with Crippen LogP contribution in [-0.4, -0.2) is 63.5 Å². The topological polar surface area (TPSA) is 83.0 Å². The lowest BCUT2D eigenvalue weighted by Crippen LogP contribution is -2.52. The van der Waals surface area contributed by atoms with Crippen LogP contribution >= 0.6 is 0 Å². The van der Waals surface area contributed by atoms with Gasteiger partial charge in [0.1, 0.15) is 12.4 Å². The van der Waals surface area contributed by atoms with Crippen molar-refractivity contribution in [2.75, 3.05) is 33.3 Å². The Hall–Kier alpha value is -2.01. The number of piperidine rings is 1. The normalized spacial score (nSPS) is 17.4. The SMILES string of the molecule is CN=C(NCCOc1cccc(C)c1)NC1CCN(S(=O)(=O)C(F)(F)F)CC1. The fraction of sp³-hybridized carbons (Fsp3) is 0.588. The molecule has 0 spiro atoms. The van der Waals surface area contributed by atoms with Crippen molar-refractivity contribution < 1.29 is 26.3 Å². The van der Waals surface area contributed by atoms with Crippen LogP contribution in [-0.2, 0) is 10.0 Å². The second-order valence-electron chi connectivity index (χ2n) is 6.43. The molecule has 0 saturated carbocycles. The van der Waals surface area contributed by atoms with E-state index >= 15 is 0 Å². The predicted octanol–water partition coefficient (Wildman–Crippen LogP) is 1.85. The second kappa shape index (κ2) is 9.46. The van der Waals surface area contributed by atoms with Gasteiger partial charge in [-0.3, -0.25) is 4.99 Å². The fourth-order valence-electron chi connectivity index (χ4n) is 2.82. The van der Waals surface area contributed by atoms with Gasteiger partial charge >= 0.3 is 15.5 Å². The molecule has 2 rings (SSSR count). The first-order chi connectivity index (χ1) is 13.1. The number of nitrogens with zero attached hydrogens (tertiary/aromatic N) is 2. The molecule has 1 aromatic rings. The number of nitrogens with one attached hydrogen (secondary N) is 2. The molecule has 0 aliphatic carbocycles. The van der Waals surface area contributed by atoms with Crippen LogP contribution in [0.5, 0.6) is 5.75 Å². The highest BCUT2D eigenvalue weighted by molar-refractivity contribution is 7.90. The van der Waals surface area contributed by atoms with E-state index in [-0.39, 0.29) is 32.0 Å². The third-order valence-electron chi connectivity index (χ3n) is 4.30. The number of aryl methyl sites for hydroxylation is 1. The van der Waals surface area contributed by atoms with Gasteiger partial charge in [-0.2, -0.15) is 17.5 Å². The highest BCUT2D eigenvalue weighted by Crippen LogP contribution is 2.28. The molecule has 1 aromatic carbocycles. The molecule has 7 nitrogen and oxygen atoms in total. The van der Waals surface area contributed by atoms with Gasteiger partial charge in [0.25, 0.3) is 0 Å². The predicted molar refractivity (Wildman–Crippen MR) is 101 cm³/mol. The molecule has 0 amide bonds. The van der Waals surface area contributed by atoms with Crippen LogP contribution in [0.1, 0.15) is 18.4 Å². The largest absolute Gasteiger partial charge is 0.511 e. The minimum Gasteiger partial charge on any atom is -0.492 e. The standard InChI is InChI=1S/C17H25F3N4O3S/c1-13-4-3-5-15(12-13)27-11-8-22-16(21-2)23-14-6-9-24(10-7-14)28(25,26)17(18,19)20/h3-5,12,14H,6-11H2,1-2H3,(H2,21,22,23). The highest BCUT2D eigenvalue weighted by Gasteiger charge is 2.50. The molecule has 0 radical (unpaired) electrons. The van der Waals surface area contributed by atoms with Crippen LogP contribution in [0.4, 0.5) is 13.2 Å². The van der Waals surface area contributed by atoms with Crippen LogP contribution < -0.4 is 15.4 Å². The number of sulfonamides is 1. The Bertz CT molecular complexity index is 776. The minimum absolute atomic E-state index is 0.163. The molecule has 1 aliphatic heterocycles. The number of hydrogen-bond acceptors (Lipinski definition) is 4. The lowest BCUT2D eigenvalue weighted by atomic mass is 10.1. The first-order valence-electron chi connectivity index (χ1n) is 8.86. The van der Waals surface area contributed by atoms with Gasteiger partial charge in [-0.15, -0.1) is 0 Å². The molecule has 0 aromatic heterocycles. The summed E-state index contributed by atoms with van der Waals surface area (Å²) < 4.78 is 66.8. The molecule has 28 heavy (non-hydrogen) atoms. The number of hydrogen-bond donors (Lipinski definition) is 2. The molecule has 1 saturated heterocycles. The van der Waals surface area contributed by atoms with Crippen molar-refractivity contribution in [2.45, 2.75) is 31.3 Å². The summed E-state index contributed by atoms with van der Waals surface area (Å²) in [6.45, 7) is 2.49. The third kappa shape index (κ3) is 5.99. The van der Waals surface area contributed by atoms with Gasteiger partial charge in [-0.05, 0) is 37.5 Å². The van der Waals surface area contributed by atoms with Crippen molar-refractivity contribution in [2.24, 2.45) is 4.99 Å². The molecule has 11 heteroatoms. The summed E-state index contributed by atoms with van der Waals surface area (Å²) in [7, 11) is -3.68. The summed E-state index contributed by atoms with van der Waals surface area (Å²) in [5, 5.41) is 6.17. The first-order valence-corrected chi connectivity index (χ1v) is 10.3. The van der Waals surface area contributed by atoms with Gasteiger partial charge in [-0.25, -0.2) is 8.42 Å². The van der Waals surface area contributed by atoms with Crippen molar-refractivity contribution in [3.63, 3.8) is 0 Å². The Morgan fingerprint density at radius 2 is 2.00 bits per heavy atom. The molecule has 1 aliphatic rings. The summed E-state index contributed by atoms with van der Waals surface area (Å²) in [6, 6.07) is 7.51. The van der Waals surface area contributed by atoms with Gasteiger partial charge in [-0.1, -0.05) is 12.1 Å². The number of rotatable bonds is 6. The van der Waals surface area contributed by atoms with Gasteiger partial charge in [0, 0.05) is 26.2 Å². The van der Waals surface area contributed by atoms with E-state index in [2.05, 4.69) is 15.6 Å². The molecular formula is C17H25F3N4O3S. The van der Waals surface area contributed by atoms with E-state index in [1.54, 1.807) is 7.05 Å². The zero-order valence-electron chi connectivity index (χ0n) is 15.8. The third-order valence-corrected chi connectivity index (χ3v) is 5.93. The Morgan fingerprint density at radius 1 is 1.32 bits per heavy atom. The molecule has 1 heterocycles. The number of aliphatic imine (C=N–C) groups is 1. The molecule has 0 unspecified atom stereocenters. The molecule has 0 atom stereocenters. The van der Waals surface area contributed by atoms with Crippen molar-refractivity contribution in [3.8, 4) is 5.75 Å². The number of alkyl halides is 3. The van der Waals surface area contributed by atoms with Gasteiger partial charge in [0.15, 0.2) is 5.96 Å². The van der Waals surface area contributed by atoms with Gasteiger partial charge in [0.2, 0.25) is 0 Å². The van der Waals surface area contributed by atoms with E-state index in [1.807, 2.05) is 31.2 Å². The Morgan fingerprint density at radius 3 is 2.57 bits per heavy atom. The zero-order chi connectivity index (χ0) is 20.8. The van der Waals surface area contributed by atoms with Crippen molar-refractivity contribution in [1.29, 1.82) is 0 Å². The van der Waals surface area contributed by atoms with Gasteiger partial charge < -0.3 is 15.4 Å². The molecule has 0 bridgehead atoms. The number of halogens is 3. The monoisotopic (exact) mass is 422 g/mol. The maximum atomic E-state index is 12.6. The maximum absolute atomic E-state index is 12.6. The van der Waals surface area contributed by atoms with E-state index in [9.17, 15) is 21.6 Å². The summed E-state index contributed by atoms with van der Waals surface area (Å²) in [5.41, 5.74) is -4.16. The molecule has 158 valence electrons. The van der Waals surface area contributed by atoms with Crippen LogP contribution in [0, 0.1) is 6.92 Å². The van der Waals surface area contributed by atoms with Crippen LogP contribution in [0.15, 0.2) is 29.3 Å². The lowest BCUT2D eigenvalue weighted by Gasteiger charge is -2.32. The summed E-state index contributed by atoms with van der Waals surface area (Å²) in [6.07, 6.45) is 0.519. The zero-order valence-corrected chi connectivity index (χ0v) is 16.6. The molecule has 1 fully saturated rings. The number of ether oxygens (including phenoxy) is 1. The van der Waals surface area contributed by atoms with Crippen molar-refractivity contribution >= 4 is 16.0 Å². The quantitative estimate of drug-likeness (QED) is 0.415. The molecular weight excluding hydrogens is 397 g/mol. The Kier molecular flexibility index (Phi) is 7.53.